The third kappa shape index (κ3) is 4.08. The average Bonchev–Trinajstić information content (AvgIpc) is 3.42. The Balaban J connectivity index is 1.56. The second-order valence-corrected chi connectivity index (χ2v) is 8.18. The smallest absolute Gasteiger partial charge is 0.260 e. The summed E-state index contributed by atoms with van der Waals surface area (Å²) in [5.41, 5.74) is 2.80. The highest BCUT2D eigenvalue weighted by atomic mass is 16.5. The predicted molar refractivity (Wildman–Crippen MR) is 121 cm³/mol. The second-order valence-electron chi connectivity index (χ2n) is 8.18. The molecule has 1 unspecified atom stereocenters. The highest BCUT2D eigenvalue weighted by molar-refractivity contribution is 6.05. The number of aromatic nitrogens is 2. The maximum absolute atomic E-state index is 13.2. The SMILES string of the molecule is COc1ccccc1N1CC(C(=O)Nc2c(C)cccc2-c2nc(C(C)C)no2)CC1=O. The van der Waals surface area contributed by atoms with Crippen LogP contribution in [0.1, 0.15) is 37.6 Å². The summed E-state index contributed by atoms with van der Waals surface area (Å²) in [7, 11) is 1.56. The van der Waals surface area contributed by atoms with E-state index in [0.29, 0.717) is 34.4 Å². The van der Waals surface area contributed by atoms with Crippen LogP contribution in [0, 0.1) is 12.8 Å². The number of carbonyl (C=O) groups is 2. The summed E-state index contributed by atoms with van der Waals surface area (Å²) in [6.07, 6.45) is 0.128. The topological polar surface area (TPSA) is 97.6 Å². The fraction of sp³-hybridized carbons (Fsp3) is 0.333. The predicted octanol–water partition coefficient (Wildman–Crippen LogP) is 4.17. The first kappa shape index (κ1) is 21.5. The lowest BCUT2D eigenvalue weighted by Crippen LogP contribution is -2.28. The van der Waals surface area contributed by atoms with Crippen LogP contribution in [0.5, 0.6) is 5.75 Å². The number of carbonyl (C=O) groups excluding carboxylic acids is 2. The van der Waals surface area contributed by atoms with E-state index in [1.54, 1.807) is 18.1 Å². The molecule has 32 heavy (non-hydrogen) atoms. The first-order valence-electron chi connectivity index (χ1n) is 10.6. The van der Waals surface area contributed by atoms with Crippen molar-refractivity contribution in [3.63, 3.8) is 0 Å². The zero-order valence-corrected chi connectivity index (χ0v) is 18.6. The van der Waals surface area contributed by atoms with Crippen molar-refractivity contribution in [2.75, 3.05) is 23.9 Å². The first-order chi connectivity index (χ1) is 15.4. The van der Waals surface area contributed by atoms with E-state index in [0.717, 1.165) is 5.56 Å². The lowest BCUT2D eigenvalue weighted by Gasteiger charge is -2.19. The molecule has 0 spiro atoms. The lowest BCUT2D eigenvalue weighted by molar-refractivity contribution is -0.122. The molecule has 0 bridgehead atoms. The molecule has 1 saturated heterocycles. The fourth-order valence-corrected chi connectivity index (χ4v) is 3.78. The zero-order valence-electron chi connectivity index (χ0n) is 18.6. The summed E-state index contributed by atoms with van der Waals surface area (Å²) in [4.78, 5) is 31.9. The Morgan fingerprint density at radius 2 is 2.00 bits per heavy atom. The number of methoxy groups -OCH3 is 1. The van der Waals surface area contributed by atoms with Gasteiger partial charge in [-0.05, 0) is 30.7 Å². The van der Waals surface area contributed by atoms with Gasteiger partial charge in [-0.1, -0.05) is 43.3 Å². The summed E-state index contributed by atoms with van der Waals surface area (Å²) in [6.45, 7) is 6.15. The molecular weight excluding hydrogens is 408 g/mol. The zero-order chi connectivity index (χ0) is 22.8. The molecule has 2 amide bonds. The van der Waals surface area contributed by atoms with Gasteiger partial charge in [-0.25, -0.2) is 0 Å². The number of hydrogen-bond donors (Lipinski definition) is 1. The number of benzene rings is 2. The molecule has 1 N–H and O–H groups in total. The Kier molecular flexibility index (Phi) is 5.94. The van der Waals surface area contributed by atoms with Gasteiger partial charge in [0.25, 0.3) is 5.89 Å². The summed E-state index contributed by atoms with van der Waals surface area (Å²) in [5, 5.41) is 7.03. The number of aryl methyl sites for hydroxylation is 1. The Morgan fingerprint density at radius 1 is 1.22 bits per heavy atom. The standard InChI is InChI=1S/C24H26N4O4/c1-14(2)22-26-24(32-27-22)17-9-7-8-15(3)21(17)25-23(30)16-12-20(29)28(13-16)18-10-5-6-11-19(18)31-4/h5-11,14,16H,12-13H2,1-4H3,(H,25,30). The Hall–Kier alpha value is -3.68. The number of rotatable bonds is 6. The van der Waals surface area contributed by atoms with Crippen molar-refractivity contribution in [1.82, 2.24) is 10.1 Å². The first-order valence-corrected chi connectivity index (χ1v) is 10.6. The molecule has 8 nitrogen and oxygen atoms in total. The number of anilines is 2. The van der Waals surface area contributed by atoms with Crippen molar-refractivity contribution in [3.05, 3.63) is 53.9 Å². The summed E-state index contributed by atoms with van der Waals surface area (Å²) in [6, 6.07) is 12.9. The minimum atomic E-state index is -0.492. The van der Waals surface area contributed by atoms with E-state index in [-0.39, 0.29) is 30.7 Å². The van der Waals surface area contributed by atoms with Crippen molar-refractivity contribution >= 4 is 23.2 Å². The Bertz CT molecular complexity index is 1150. The summed E-state index contributed by atoms with van der Waals surface area (Å²) < 4.78 is 10.8. The minimum absolute atomic E-state index is 0.113. The van der Waals surface area contributed by atoms with Crippen molar-refractivity contribution in [3.8, 4) is 17.2 Å². The molecule has 1 aliphatic rings. The van der Waals surface area contributed by atoms with E-state index in [9.17, 15) is 9.59 Å². The van der Waals surface area contributed by atoms with E-state index < -0.39 is 5.92 Å². The molecule has 0 aliphatic carbocycles. The average molecular weight is 434 g/mol. The molecule has 0 saturated carbocycles. The molecule has 0 radical (unpaired) electrons. The number of nitrogens with zero attached hydrogens (tertiary/aromatic N) is 3. The van der Waals surface area contributed by atoms with E-state index >= 15 is 0 Å². The normalized spacial score (nSPS) is 16.0. The molecule has 1 atom stereocenters. The van der Waals surface area contributed by atoms with Crippen LogP contribution in [0.4, 0.5) is 11.4 Å². The number of nitrogens with one attached hydrogen (secondary N) is 1. The number of amides is 2. The van der Waals surface area contributed by atoms with Gasteiger partial charge >= 0.3 is 0 Å². The molecule has 166 valence electrons. The van der Waals surface area contributed by atoms with Crippen LogP contribution in [0.2, 0.25) is 0 Å². The minimum Gasteiger partial charge on any atom is -0.495 e. The fourth-order valence-electron chi connectivity index (χ4n) is 3.78. The molecule has 4 rings (SSSR count). The third-order valence-corrected chi connectivity index (χ3v) is 5.58. The van der Waals surface area contributed by atoms with Crippen molar-refractivity contribution in [2.24, 2.45) is 5.92 Å². The third-order valence-electron chi connectivity index (χ3n) is 5.58. The van der Waals surface area contributed by atoms with E-state index in [4.69, 9.17) is 9.26 Å². The van der Waals surface area contributed by atoms with Crippen molar-refractivity contribution in [2.45, 2.75) is 33.1 Å². The van der Waals surface area contributed by atoms with Gasteiger partial charge in [0, 0.05) is 18.9 Å². The van der Waals surface area contributed by atoms with Crippen LogP contribution in [0.15, 0.2) is 47.0 Å². The van der Waals surface area contributed by atoms with Gasteiger partial charge in [-0.3, -0.25) is 9.59 Å². The van der Waals surface area contributed by atoms with Gasteiger partial charge in [0.05, 0.1) is 30.0 Å². The molecule has 8 heteroatoms. The van der Waals surface area contributed by atoms with E-state index in [1.165, 1.54) is 0 Å². The highest BCUT2D eigenvalue weighted by Crippen LogP contribution is 2.35. The molecule has 1 fully saturated rings. The second kappa shape index (κ2) is 8.82. The van der Waals surface area contributed by atoms with Gasteiger partial charge in [0.15, 0.2) is 5.82 Å². The number of ether oxygens (including phenoxy) is 1. The molecule has 1 aliphatic heterocycles. The van der Waals surface area contributed by atoms with E-state index in [1.807, 2.05) is 57.2 Å². The lowest BCUT2D eigenvalue weighted by atomic mass is 10.0. The molecule has 1 aromatic heterocycles. The Morgan fingerprint density at radius 3 is 2.72 bits per heavy atom. The van der Waals surface area contributed by atoms with Crippen LogP contribution in [-0.2, 0) is 9.59 Å². The Labute approximate surface area is 186 Å². The van der Waals surface area contributed by atoms with Gasteiger partial charge < -0.3 is 19.5 Å². The monoisotopic (exact) mass is 434 g/mol. The number of para-hydroxylation sites is 3. The summed E-state index contributed by atoms with van der Waals surface area (Å²) in [5.74, 6) is 0.849. The van der Waals surface area contributed by atoms with Crippen LogP contribution in [0.25, 0.3) is 11.5 Å². The highest BCUT2D eigenvalue weighted by Gasteiger charge is 2.36. The van der Waals surface area contributed by atoms with Gasteiger partial charge in [-0.2, -0.15) is 4.98 Å². The van der Waals surface area contributed by atoms with Crippen molar-refractivity contribution in [1.29, 1.82) is 0 Å². The van der Waals surface area contributed by atoms with Crippen LogP contribution >= 0.6 is 0 Å². The maximum atomic E-state index is 13.2. The molecule has 3 aromatic rings. The van der Waals surface area contributed by atoms with Gasteiger partial charge in [-0.15, -0.1) is 0 Å². The number of hydrogen-bond acceptors (Lipinski definition) is 6. The maximum Gasteiger partial charge on any atom is 0.260 e. The van der Waals surface area contributed by atoms with E-state index in [2.05, 4.69) is 15.5 Å². The summed E-state index contributed by atoms with van der Waals surface area (Å²) >= 11 is 0. The van der Waals surface area contributed by atoms with Crippen LogP contribution in [-0.4, -0.2) is 35.6 Å². The molecule has 2 aromatic carbocycles. The van der Waals surface area contributed by atoms with Crippen LogP contribution < -0.4 is 15.0 Å². The van der Waals surface area contributed by atoms with Crippen molar-refractivity contribution < 1.29 is 18.8 Å². The van der Waals surface area contributed by atoms with Crippen LogP contribution in [0.3, 0.4) is 0 Å². The van der Waals surface area contributed by atoms with Gasteiger partial charge in [0.1, 0.15) is 5.75 Å². The quantitative estimate of drug-likeness (QED) is 0.625. The van der Waals surface area contributed by atoms with Gasteiger partial charge in [0.2, 0.25) is 11.8 Å². The molecular formula is C24H26N4O4. The largest absolute Gasteiger partial charge is 0.495 e. The molecule has 2 heterocycles.